The lowest BCUT2D eigenvalue weighted by Gasteiger charge is -1.99. The normalized spacial score (nSPS) is 10.4. The minimum atomic E-state index is 0.662. The monoisotopic (exact) mass is 252 g/mol. The first kappa shape index (κ1) is 10.9. The third kappa shape index (κ3) is 1.75. The minimum absolute atomic E-state index is 0.662. The van der Waals surface area contributed by atoms with Crippen LogP contribution < -0.4 is 0 Å². The first-order valence-electron chi connectivity index (χ1n) is 5.56. The van der Waals surface area contributed by atoms with Crippen LogP contribution >= 0.6 is 11.6 Å². The van der Waals surface area contributed by atoms with E-state index in [4.69, 9.17) is 16.9 Å². The molecule has 3 heteroatoms. The topological polar surface area (TPSA) is 39.6 Å². The fourth-order valence-electron chi connectivity index (χ4n) is 2.06. The molecule has 3 rings (SSSR count). The lowest BCUT2D eigenvalue weighted by atomic mass is 10.1. The van der Waals surface area contributed by atoms with Gasteiger partial charge in [0.05, 0.1) is 11.6 Å². The van der Waals surface area contributed by atoms with Crippen molar-refractivity contribution in [3.63, 3.8) is 0 Å². The van der Waals surface area contributed by atoms with E-state index in [-0.39, 0.29) is 0 Å². The van der Waals surface area contributed by atoms with Gasteiger partial charge in [0.15, 0.2) is 0 Å². The third-order valence-corrected chi connectivity index (χ3v) is 3.16. The Morgan fingerprint density at radius 1 is 1.06 bits per heavy atom. The standard InChI is InChI=1S/C15H9ClN2/c16-12-6-5-10-7-15(18-14(10)8-12)13-4-2-1-3-11(13)9-17/h1-8,18H. The highest BCUT2D eigenvalue weighted by Crippen LogP contribution is 2.27. The molecule has 0 atom stereocenters. The van der Waals surface area contributed by atoms with Crippen LogP contribution in [-0.4, -0.2) is 4.98 Å². The number of nitrogens with zero attached hydrogens (tertiary/aromatic N) is 1. The molecule has 0 aliphatic carbocycles. The first-order valence-corrected chi connectivity index (χ1v) is 5.93. The van der Waals surface area contributed by atoms with Gasteiger partial charge in [0.1, 0.15) is 0 Å². The molecule has 1 aromatic heterocycles. The van der Waals surface area contributed by atoms with Crippen molar-refractivity contribution in [3.05, 3.63) is 59.1 Å². The molecule has 0 spiro atoms. The van der Waals surface area contributed by atoms with Crippen LogP contribution in [0.15, 0.2) is 48.5 Å². The maximum atomic E-state index is 9.11. The molecule has 86 valence electrons. The summed E-state index contributed by atoms with van der Waals surface area (Å²) in [4.78, 5) is 3.29. The molecule has 1 N–H and O–H groups in total. The minimum Gasteiger partial charge on any atom is -0.354 e. The molecule has 2 nitrogen and oxygen atoms in total. The van der Waals surface area contributed by atoms with E-state index < -0.39 is 0 Å². The zero-order valence-electron chi connectivity index (χ0n) is 9.44. The summed E-state index contributed by atoms with van der Waals surface area (Å²) in [6.07, 6.45) is 0. The Kier molecular flexibility index (Phi) is 2.55. The van der Waals surface area contributed by atoms with E-state index in [1.165, 1.54) is 0 Å². The number of benzene rings is 2. The summed E-state index contributed by atoms with van der Waals surface area (Å²) in [5.41, 5.74) is 3.48. The predicted molar refractivity (Wildman–Crippen MR) is 73.5 cm³/mol. The van der Waals surface area contributed by atoms with Gasteiger partial charge < -0.3 is 4.98 Å². The van der Waals surface area contributed by atoms with Gasteiger partial charge in [-0.15, -0.1) is 0 Å². The summed E-state index contributed by atoms with van der Waals surface area (Å²) in [5.74, 6) is 0. The Labute approximate surface area is 109 Å². The van der Waals surface area contributed by atoms with Crippen molar-refractivity contribution in [2.45, 2.75) is 0 Å². The smallest absolute Gasteiger partial charge is 0.0998 e. The van der Waals surface area contributed by atoms with Crippen LogP contribution in [0, 0.1) is 11.3 Å². The average Bonchev–Trinajstić information content (AvgIpc) is 2.81. The Morgan fingerprint density at radius 2 is 1.89 bits per heavy atom. The van der Waals surface area contributed by atoms with E-state index in [9.17, 15) is 0 Å². The summed E-state index contributed by atoms with van der Waals surface area (Å²) in [7, 11) is 0. The fraction of sp³-hybridized carbons (Fsp3) is 0. The number of aromatic nitrogens is 1. The molecule has 2 aromatic carbocycles. The number of rotatable bonds is 1. The quantitative estimate of drug-likeness (QED) is 0.687. The Morgan fingerprint density at radius 3 is 2.72 bits per heavy atom. The maximum absolute atomic E-state index is 9.11. The molecule has 18 heavy (non-hydrogen) atoms. The third-order valence-electron chi connectivity index (χ3n) is 2.92. The van der Waals surface area contributed by atoms with Crippen molar-refractivity contribution < 1.29 is 0 Å². The van der Waals surface area contributed by atoms with Crippen LogP contribution in [0.2, 0.25) is 5.02 Å². The lowest BCUT2D eigenvalue weighted by molar-refractivity contribution is 1.42. The van der Waals surface area contributed by atoms with E-state index in [0.717, 1.165) is 22.2 Å². The average molecular weight is 253 g/mol. The highest BCUT2D eigenvalue weighted by atomic mass is 35.5. The lowest BCUT2D eigenvalue weighted by Crippen LogP contribution is -1.82. The Bertz CT molecular complexity index is 766. The van der Waals surface area contributed by atoms with Gasteiger partial charge in [-0.25, -0.2) is 0 Å². The van der Waals surface area contributed by atoms with E-state index >= 15 is 0 Å². The highest BCUT2D eigenvalue weighted by molar-refractivity contribution is 6.31. The summed E-state index contributed by atoms with van der Waals surface area (Å²) in [6.45, 7) is 0. The summed E-state index contributed by atoms with van der Waals surface area (Å²) < 4.78 is 0. The van der Waals surface area contributed by atoms with Crippen molar-refractivity contribution in [2.75, 3.05) is 0 Å². The van der Waals surface area contributed by atoms with Gasteiger partial charge in [0.2, 0.25) is 0 Å². The molecular formula is C15H9ClN2. The molecule has 0 aliphatic rings. The SMILES string of the molecule is N#Cc1ccccc1-c1cc2ccc(Cl)cc2[nH]1. The van der Waals surface area contributed by atoms with Crippen LogP contribution in [0.25, 0.3) is 22.2 Å². The van der Waals surface area contributed by atoms with Gasteiger partial charge in [-0.05, 0) is 24.3 Å². The maximum Gasteiger partial charge on any atom is 0.0998 e. The van der Waals surface area contributed by atoms with Gasteiger partial charge in [0.25, 0.3) is 0 Å². The van der Waals surface area contributed by atoms with Crippen molar-refractivity contribution >= 4 is 22.5 Å². The summed E-state index contributed by atoms with van der Waals surface area (Å²) in [6, 6.07) is 17.5. The number of H-pyrrole nitrogens is 1. The molecule has 0 aliphatic heterocycles. The summed E-state index contributed by atoms with van der Waals surface area (Å²) >= 11 is 5.96. The number of nitriles is 1. The van der Waals surface area contributed by atoms with Crippen molar-refractivity contribution in [1.29, 1.82) is 5.26 Å². The van der Waals surface area contributed by atoms with E-state index in [2.05, 4.69) is 11.1 Å². The molecule has 0 saturated carbocycles. The van der Waals surface area contributed by atoms with Crippen molar-refractivity contribution in [3.8, 4) is 17.3 Å². The van der Waals surface area contributed by atoms with E-state index in [1.807, 2.05) is 48.5 Å². The van der Waals surface area contributed by atoms with Gasteiger partial charge in [0, 0.05) is 27.2 Å². The molecule has 0 amide bonds. The predicted octanol–water partition coefficient (Wildman–Crippen LogP) is 4.36. The first-order chi connectivity index (χ1) is 8.78. The Balaban J connectivity index is 2.23. The highest BCUT2D eigenvalue weighted by Gasteiger charge is 2.07. The van der Waals surface area contributed by atoms with E-state index in [1.54, 1.807) is 0 Å². The fourth-order valence-corrected chi connectivity index (χ4v) is 2.23. The van der Waals surface area contributed by atoms with Crippen molar-refractivity contribution in [2.24, 2.45) is 0 Å². The number of aromatic amines is 1. The number of fused-ring (bicyclic) bond motifs is 1. The molecule has 0 radical (unpaired) electrons. The second-order valence-electron chi connectivity index (χ2n) is 4.07. The second kappa shape index (κ2) is 4.21. The second-order valence-corrected chi connectivity index (χ2v) is 4.51. The number of hydrogen-bond acceptors (Lipinski definition) is 1. The van der Waals surface area contributed by atoms with Crippen LogP contribution in [0.1, 0.15) is 5.56 Å². The molecule has 1 heterocycles. The number of hydrogen-bond donors (Lipinski definition) is 1. The van der Waals surface area contributed by atoms with E-state index in [0.29, 0.717) is 10.6 Å². The molecule has 0 saturated heterocycles. The summed E-state index contributed by atoms with van der Waals surface area (Å²) in [5, 5.41) is 10.9. The number of halogens is 1. The van der Waals surface area contributed by atoms with Gasteiger partial charge in [-0.2, -0.15) is 5.26 Å². The largest absolute Gasteiger partial charge is 0.354 e. The van der Waals surface area contributed by atoms with Crippen molar-refractivity contribution in [1.82, 2.24) is 4.98 Å². The van der Waals surface area contributed by atoms with Gasteiger partial charge in [-0.1, -0.05) is 35.9 Å². The van der Waals surface area contributed by atoms with Crippen LogP contribution in [0.4, 0.5) is 0 Å². The van der Waals surface area contributed by atoms with Crippen LogP contribution in [0.5, 0.6) is 0 Å². The Hall–Kier alpha value is -2.24. The van der Waals surface area contributed by atoms with Gasteiger partial charge in [-0.3, -0.25) is 0 Å². The van der Waals surface area contributed by atoms with Gasteiger partial charge >= 0.3 is 0 Å². The number of nitrogens with one attached hydrogen (secondary N) is 1. The molecule has 0 bridgehead atoms. The van der Waals surface area contributed by atoms with Crippen LogP contribution in [-0.2, 0) is 0 Å². The molecule has 0 unspecified atom stereocenters. The molecule has 0 fully saturated rings. The zero-order chi connectivity index (χ0) is 12.5. The molecule has 3 aromatic rings. The molecular weight excluding hydrogens is 244 g/mol. The zero-order valence-corrected chi connectivity index (χ0v) is 10.2. The van der Waals surface area contributed by atoms with Crippen LogP contribution in [0.3, 0.4) is 0 Å².